The van der Waals surface area contributed by atoms with Crippen LogP contribution >= 0.6 is 27.3 Å². The maximum atomic E-state index is 9.39. The molecule has 1 aromatic rings. The zero-order valence-electron chi connectivity index (χ0n) is 6.01. The lowest BCUT2D eigenvalue weighted by molar-refractivity contribution is 0.190. The molecule has 0 aromatic carbocycles. The summed E-state index contributed by atoms with van der Waals surface area (Å²) >= 11 is 4.70. The van der Waals surface area contributed by atoms with Crippen molar-refractivity contribution in [3.05, 3.63) is 31.2 Å². The molecule has 0 saturated heterocycles. The Bertz CT molecular complexity index is 307. The summed E-state index contributed by atoms with van der Waals surface area (Å²) in [5.41, 5.74) is 8.01. The van der Waals surface area contributed by atoms with E-state index in [1.807, 2.05) is 6.07 Å². The highest BCUT2D eigenvalue weighted by atomic mass is 79.9. The van der Waals surface area contributed by atoms with Crippen molar-refractivity contribution in [2.24, 2.45) is 5.11 Å². The molecule has 1 N–H and O–H groups in total. The van der Waals surface area contributed by atoms with Crippen LogP contribution in [-0.2, 0) is 0 Å². The number of thiophene rings is 1. The number of aliphatic hydroxyl groups is 1. The molecule has 0 amide bonds. The fraction of sp³-hybridized carbons (Fsp3) is 0.333. The predicted molar refractivity (Wildman–Crippen MR) is 51.0 cm³/mol. The average Bonchev–Trinajstić information content (AvgIpc) is 2.47. The number of aliphatic hydroxyl groups excluding tert-OH is 1. The van der Waals surface area contributed by atoms with Crippen molar-refractivity contribution in [2.45, 2.75) is 6.10 Å². The van der Waals surface area contributed by atoms with Gasteiger partial charge in [-0.1, -0.05) is 5.11 Å². The first-order chi connectivity index (χ1) is 5.74. The molecular formula is C6H6BrN3OS. The van der Waals surface area contributed by atoms with Crippen LogP contribution in [0.5, 0.6) is 0 Å². The smallest absolute Gasteiger partial charge is 0.0938 e. The Morgan fingerprint density at radius 2 is 2.50 bits per heavy atom. The van der Waals surface area contributed by atoms with Crippen molar-refractivity contribution in [3.63, 3.8) is 0 Å². The maximum Gasteiger partial charge on any atom is 0.0938 e. The van der Waals surface area contributed by atoms with Crippen molar-refractivity contribution in [1.82, 2.24) is 0 Å². The molecule has 1 heterocycles. The summed E-state index contributed by atoms with van der Waals surface area (Å²) in [7, 11) is 0. The number of nitrogens with zero attached hydrogens (tertiary/aromatic N) is 3. The SMILES string of the molecule is [N-]=[N+]=NCC(O)c1ccc(Br)s1. The van der Waals surface area contributed by atoms with Gasteiger partial charge < -0.3 is 5.11 Å². The summed E-state index contributed by atoms with van der Waals surface area (Å²) in [4.78, 5) is 3.37. The van der Waals surface area contributed by atoms with E-state index in [-0.39, 0.29) is 6.54 Å². The lowest BCUT2D eigenvalue weighted by Gasteiger charge is -2.01. The Morgan fingerprint density at radius 3 is 3.00 bits per heavy atom. The molecule has 1 atom stereocenters. The van der Waals surface area contributed by atoms with Crippen molar-refractivity contribution in [3.8, 4) is 0 Å². The molecule has 0 aliphatic carbocycles. The zero-order valence-corrected chi connectivity index (χ0v) is 8.42. The van der Waals surface area contributed by atoms with E-state index >= 15 is 0 Å². The summed E-state index contributed by atoms with van der Waals surface area (Å²) in [6.07, 6.45) is -0.683. The van der Waals surface area contributed by atoms with Crippen molar-refractivity contribution >= 4 is 27.3 Å². The lowest BCUT2D eigenvalue weighted by atomic mass is 10.3. The standard InChI is InChI=1S/C6H6BrN3OS/c7-6-2-1-5(12-6)4(11)3-9-10-8/h1-2,4,11H,3H2. The number of azide groups is 1. The van der Waals surface area contributed by atoms with Crippen molar-refractivity contribution < 1.29 is 5.11 Å². The average molecular weight is 248 g/mol. The van der Waals surface area contributed by atoms with E-state index in [2.05, 4.69) is 26.0 Å². The van der Waals surface area contributed by atoms with E-state index in [0.717, 1.165) is 8.66 Å². The molecule has 6 heteroatoms. The van der Waals surface area contributed by atoms with Crippen LogP contribution in [0.3, 0.4) is 0 Å². The quantitative estimate of drug-likeness (QED) is 0.498. The molecule has 0 saturated carbocycles. The second kappa shape index (κ2) is 4.47. The van der Waals surface area contributed by atoms with Crippen LogP contribution < -0.4 is 0 Å². The molecular weight excluding hydrogens is 242 g/mol. The highest BCUT2D eigenvalue weighted by molar-refractivity contribution is 9.11. The number of rotatable bonds is 3. The Labute approximate surface area is 81.6 Å². The van der Waals surface area contributed by atoms with Gasteiger partial charge in [-0.25, -0.2) is 0 Å². The fourth-order valence-corrected chi connectivity index (χ4v) is 2.11. The third kappa shape index (κ3) is 2.49. The molecule has 64 valence electrons. The molecule has 0 aliphatic rings. The predicted octanol–water partition coefficient (Wildman–Crippen LogP) is 2.85. The van der Waals surface area contributed by atoms with Crippen LogP contribution in [0.4, 0.5) is 0 Å². The van der Waals surface area contributed by atoms with Crippen LogP contribution in [0, 0.1) is 0 Å². The highest BCUT2D eigenvalue weighted by Crippen LogP contribution is 2.27. The topological polar surface area (TPSA) is 69.0 Å². The van der Waals surface area contributed by atoms with Crippen LogP contribution in [0.15, 0.2) is 21.0 Å². The van der Waals surface area contributed by atoms with Gasteiger partial charge in [-0.3, -0.25) is 0 Å². The van der Waals surface area contributed by atoms with Gasteiger partial charge in [0.1, 0.15) is 0 Å². The van der Waals surface area contributed by atoms with Crippen LogP contribution in [0.2, 0.25) is 0 Å². The van der Waals surface area contributed by atoms with Gasteiger partial charge in [-0.2, -0.15) is 0 Å². The normalized spacial score (nSPS) is 12.2. The Kier molecular flexibility index (Phi) is 3.55. The summed E-state index contributed by atoms with van der Waals surface area (Å²) in [5.74, 6) is 0. The molecule has 0 fully saturated rings. The Morgan fingerprint density at radius 1 is 1.75 bits per heavy atom. The van der Waals surface area contributed by atoms with E-state index in [1.54, 1.807) is 6.07 Å². The van der Waals surface area contributed by atoms with E-state index < -0.39 is 6.10 Å². The number of hydrogen-bond donors (Lipinski definition) is 1. The number of halogens is 1. The van der Waals surface area contributed by atoms with Gasteiger partial charge in [0.05, 0.1) is 16.4 Å². The molecule has 4 nitrogen and oxygen atoms in total. The molecule has 12 heavy (non-hydrogen) atoms. The van der Waals surface area contributed by atoms with Gasteiger partial charge in [0.2, 0.25) is 0 Å². The molecule has 0 radical (unpaired) electrons. The minimum atomic E-state index is -0.683. The van der Waals surface area contributed by atoms with Gasteiger partial charge in [0.15, 0.2) is 0 Å². The fourth-order valence-electron chi connectivity index (χ4n) is 0.711. The van der Waals surface area contributed by atoms with Crippen molar-refractivity contribution in [2.75, 3.05) is 6.54 Å². The van der Waals surface area contributed by atoms with Gasteiger partial charge >= 0.3 is 0 Å². The summed E-state index contributed by atoms with van der Waals surface area (Å²) < 4.78 is 0.956. The molecule has 0 aliphatic heterocycles. The third-order valence-electron chi connectivity index (χ3n) is 1.24. The second-order valence-corrected chi connectivity index (χ2v) is 4.57. The Hall–Kier alpha value is -0.550. The Balaban J connectivity index is 2.64. The highest BCUT2D eigenvalue weighted by Gasteiger charge is 2.07. The van der Waals surface area contributed by atoms with E-state index in [1.165, 1.54) is 11.3 Å². The minimum absolute atomic E-state index is 0.0868. The van der Waals surface area contributed by atoms with Crippen LogP contribution in [0.1, 0.15) is 11.0 Å². The minimum Gasteiger partial charge on any atom is -0.387 e. The first-order valence-corrected chi connectivity index (χ1v) is 4.79. The van der Waals surface area contributed by atoms with E-state index in [9.17, 15) is 5.11 Å². The molecule has 1 rings (SSSR count). The van der Waals surface area contributed by atoms with Gasteiger partial charge in [-0.15, -0.1) is 11.3 Å². The summed E-state index contributed by atoms with van der Waals surface area (Å²) in [5, 5.41) is 12.7. The zero-order chi connectivity index (χ0) is 8.97. The maximum absolute atomic E-state index is 9.39. The first-order valence-electron chi connectivity index (χ1n) is 3.18. The van der Waals surface area contributed by atoms with Crippen molar-refractivity contribution in [1.29, 1.82) is 0 Å². The number of hydrogen-bond acceptors (Lipinski definition) is 3. The molecule has 0 spiro atoms. The van der Waals surface area contributed by atoms with Crippen LogP contribution in [0.25, 0.3) is 10.4 Å². The second-order valence-electron chi connectivity index (χ2n) is 2.07. The summed E-state index contributed by atoms with van der Waals surface area (Å²) in [6.45, 7) is 0.0868. The molecule has 0 bridgehead atoms. The largest absolute Gasteiger partial charge is 0.387 e. The third-order valence-corrected chi connectivity index (χ3v) is 2.97. The summed E-state index contributed by atoms with van der Waals surface area (Å²) in [6, 6.07) is 3.64. The first kappa shape index (κ1) is 9.54. The monoisotopic (exact) mass is 247 g/mol. The van der Waals surface area contributed by atoms with Gasteiger partial charge in [-0.05, 0) is 33.6 Å². The molecule has 1 unspecified atom stereocenters. The van der Waals surface area contributed by atoms with Crippen LogP contribution in [-0.4, -0.2) is 11.7 Å². The van der Waals surface area contributed by atoms with E-state index in [4.69, 9.17) is 5.53 Å². The molecule has 1 aromatic heterocycles. The van der Waals surface area contributed by atoms with Gasteiger partial charge in [0.25, 0.3) is 0 Å². The van der Waals surface area contributed by atoms with Gasteiger partial charge in [0, 0.05) is 9.79 Å². The van der Waals surface area contributed by atoms with E-state index in [0.29, 0.717) is 0 Å². The lowest BCUT2D eigenvalue weighted by Crippen LogP contribution is -1.97.